The van der Waals surface area contributed by atoms with E-state index in [-0.39, 0.29) is 11.6 Å². The Kier molecular flexibility index (Phi) is 5.83. The third-order valence-electron chi connectivity index (χ3n) is 5.61. The normalized spacial score (nSPS) is 15.8. The Hall–Kier alpha value is -2.77. The number of thiophene rings is 1. The van der Waals surface area contributed by atoms with Crippen molar-refractivity contribution in [3.63, 3.8) is 0 Å². The van der Waals surface area contributed by atoms with Crippen molar-refractivity contribution in [2.45, 2.75) is 33.2 Å². The van der Waals surface area contributed by atoms with Crippen molar-refractivity contribution >= 4 is 33.1 Å². The average molecular weight is 424 g/mol. The van der Waals surface area contributed by atoms with Crippen molar-refractivity contribution in [2.24, 2.45) is 0 Å². The molecular weight excluding hydrogens is 398 g/mol. The molecule has 1 N–H and O–H groups in total. The molecule has 30 heavy (non-hydrogen) atoms. The number of rotatable bonds is 5. The first-order valence-corrected chi connectivity index (χ1v) is 11.0. The van der Waals surface area contributed by atoms with Gasteiger partial charge in [0.05, 0.1) is 18.0 Å². The maximum absolute atomic E-state index is 12.8. The Balaban J connectivity index is 1.60. The lowest BCUT2D eigenvalue weighted by atomic mass is 9.99. The quantitative estimate of drug-likeness (QED) is 0.619. The van der Waals surface area contributed by atoms with Crippen LogP contribution in [0.1, 0.15) is 52.9 Å². The van der Waals surface area contributed by atoms with Gasteiger partial charge in [0.2, 0.25) is 0 Å². The van der Waals surface area contributed by atoms with Crippen molar-refractivity contribution in [3.8, 4) is 0 Å². The van der Waals surface area contributed by atoms with Crippen molar-refractivity contribution in [3.05, 3.63) is 68.6 Å². The summed E-state index contributed by atoms with van der Waals surface area (Å²) in [5.41, 5.74) is 3.04. The largest absolute Gasteiger partial charge is 0.462 e. The fraction of sp³-hybridized carbons (Fsp3) is 0.348. The molecule has 1 atom stereocenters. The van der Waals surface area contributed by atoms with E-state index >= 15 is 0 Å². The minimum absolute atomic E-state index is 0.0378. The lowest BCUT2D eigenvalue weighted by Crippen LogP contribution is -2.33. The van der Waals surface area contributed by atoms with Crippen molar-refractivity contribution in [1.29, 1.82) is 0 Å². The number of hydrogen-bond acceptors (Lipinski definition) is 6. The molecule has 3 heterocycles. The Bertz CT molecular complexity index is 1160. The fourth-order valence-corrected chi connectivity index (χ4v) is 4.96. The third kappa shape index (κ3) is 3.82. The van der Waals surface area contributed by atoms with Gasteiger partial charge in [0.1, 0.15) is 15.5 Å². The first-order valence-electron chi connectivity index (χ1n) is 10.2. The summed E-state index contributed by atoms with van der Waals surface area (Å²) in [5, 5.41) is 0.476. The SMILES string of the molecule is CCOC(=O)c1sc2nc([C@H](C)N3CC=C(c4ccccc4)CC3)[nH]c(=O)c2c1C. The van der Waals surface area contributed by atoms with Crippen LogP contribution in [-0.2, 0) is 4.74 Å². The number of carbonyl (C=O) groups is 1. The van der Waals surface area contributed by atoms with Crippen LogP contribution >= 0.6 is 11.3 Å². The first kappa shape index (κ1) is 20.5. The lowest BCUT2D eigenvalue weighted by molar-refractivity contribution is 0.0531. The van der Waals surface area contributed by atoms with Gasteiger partial charge in [-0.1, -0.05) is 36.4 Å². The topological polar surface area (TPSA) is 75.3 Å². The summed E-state index contributed by atoms with van der Waals surface area (Å²) in [6, 6.07) is 10.4. The van der Waals surface area contributed by atoms with E-state index in [0.29, 0.717) is 33.1 Å². The average Bonchev–Trinajstić information content (AvgIpc) is 3.11. The molecule has 3 aromatic rings. The third-order valence-corrected chi connectivity index (χ3v) is 6.77. The minimum Gasteiger partial charge on any atom is -0.462 e. The highest BCUT2D eigenvalue weighted by Gasteiger charge is 2.24. The van der Waals surface area contributed by atoms with Gasteiger partial charge >= 0.3 is 5.97 Å². The number of H-pyrrole nitrogens is 1. The smallest absolute Gasteiger partial charge is 0.348 e. The highest BCUT2D eigenvalue weighted by atomic mass is 32.1. The predicted molar refractivity (Wildman–Crippen MR) is 120 cm³/mol. The van der Waals surface area contributed by atoms with Crippen molar-refractivity contribution < 1.29 is 9.53 Å². The van der Waals surface area contributed by atoms with Gasteiger partial charge < -0.3 is 9.72 Å². The number of nitrogens with zero attached hydrogens (tertiary/aromatic N) is 2. The molecule has 2 aromatic heterocycles. The molecule has 156 valence electrons. The van der Waals surface area contributed by atoms with E-state index in [2.05, 4.69) is 47.1 Å². The molecule has 0 aliphatic carbocycles. The maximum Gasteiger partial charge on any atom is 0.348 e. The van der Waals surface area contributed by atoms with Crippen LogP contribution in [0, 0.1) is 6.92 Å². The molecule has 0 amide bonds. The van der Waals surface area contributed by atoms with Crippen LogP contribution in [-0.4, -0.2) is 40.5 Å². The van der Waals surface area contributed by atoms with Gasteiger partial charge in [-0.05, 0) is 43.9 Å². The molecule has 1 aliphatic heterocycles. The number of aryl methyl sites for hydroxylation is 1. The molecule has 7 heteroatoms. The van der Waals surface area contributed by atoms with E-state index in [1.165, 1.54) is 22.5 Å². The number of hydrogen-bond donors (Lipinski definition) is 1. The van der Waals surface area contributed by atoms with Gasteiger partial charge in [-0.15, -0.1) is 11.3 Å². The van der Waals surface area contributed by atoms with Gasteiger partial charge in [-0.2, -0.15) is 0 Å². The predicted octanol–water partition coefficient (Wildman–Crippen LogP) is 4.32. The zero-order valence-corrected chi connectivity index (χ0v) is 18.2. The summed E-state index contributed by atoms with van der Waals surface area (Å²) in [5.74, 6) is 0.224. The Morgan fingerprint density at radius 2 is 2.10 bits per heavy atom. The van der Waals surface area contributed by atoms with Gasteiger partial charge in [0.15, 0.2) is 0 Å². The second kappa shape index (κ2) is 8.53. The highest BCUT2D eigenvalue weighted by Crippen LogP contribution is 2.30. The Labute approximate surface area is 179 Å². The highest BCUT2D eigenvalue weighted by molar-refractivity contribution is 7.20. The van der Waals surface area contributed by atoms with Gasteiger partial charge in [-0.3, -0.25) is 9.69 Å². The first-order chi connectivity index (χ1) is 14.5. The summed E-state index contributed by atoms with van der Waals surface area (Å²) in [6.45, 7) is 7.57. The summed E-state index contributed by atoms with van der Waals surface area (Å²) in [7, 11) is 0. The van der Waals surface area contributed by atoms with E-state index in [9.17, 15) is 9.59 Å². The van der Waals surface area contributed by atoms with Crippen LogP contribution in [0.3, 0.4) is 0 Å². The Morgan fingerprint density at radius 3 is 2.77 bits per heavy atom. The number of aromatic amines is 1. The van der Waals surface area contributed by atoms with Gasteiger partial charge in [0.25, 0.3) is 5.56 Å². The maximum atomic E-state index is 12.8. The number of esters is 1. The molecule has 0 fully saturated rings. The number of fused-ring (bicyclic) bond motifs is 1. The van der Waals surface area contributed by atoms with Gasteiger partial charge in [-0.25, -0.2) is 9.78 Å². The molecule has 1 aromatic carbocycles. The number of benzene rings is 1. The second-order valence-corrected chi connectivity index (χ2v) is 8.42. The number of nitrogens with one attached hydrogen (secondary N) is 1. The van der Waals surface area contributed by atoms with E-state index in [1.54, 1.807) is 13.8 Å². The zero-order chi connectivity index (χ0) is 21.3. The Morgan fingerprint density at radius 1 is 1.33 bits per heavy atom. The van der Waals surface area contributed by atoms with Crippen LogP contribution in [0.25, 0.3) is 15.8 Å². The zero-order valence-electron chi connectivity index (χ0n) is 17.4. The summed E-state index contributed by atoms with van der Waals surface area (Å²) in [6.07, 6.45) is 3.20. The van der Waals surface area contributed by atoms with E-state index in [4.69, 9.17) is 9.72 Å². The van der Waals surface area contributed by atoms with E-state index in [1.807, 2.05) is 6.07 Å². The number of aromatic nitrogens is 2. The second-order valence-electron chi connectivity index (χ2n) is 7.42. The molecule has 0 bridgehead atoms. The van der Waals surface area contributed by atoms with Crippen LogP contribution in [0.5, 0.6) is 0 Å². The molecule has 1 aliphatic rings. The standard InChI is InChI=1S/C23H25N3O3S/c1-4-29-23(28)19-14(2)18-21(27)24-20(25-22(18)30-19)15(3)26-12-10-17(11-13-26)16-8-6-5-7-9-16/h5-10,15H,4,11-13H2,1-3H3,(H,24,25,27)/t15-/m0/s1. The summed E-state index contributed by atoms with van der Waals surface area (Å²) in [4.78, 5) is 35.9. The van der Waals surface area contributed by atoms with E-state index < -0.39 is 5.97 Å². The fourth-order valence-electron chi connectivity index (χ4n) is 3.87. The van der Waals surface area contributed by atoms with Crippen LogP contribution < -0.4 is 5.56 Å². The number of carbonyl (C=O) groups excluding carboxylic acids is 1. The van der Waals surface area contributed by atoms with Gasteiger partial charge in [0, 0.05) is 13.1 Å². The van der Waals surface area contributed by atoms with Crippen LogP contribution in [0.2, 0.25) is 0 Å². The molecule has 4 rings (SSSR count). The van der Waals surface area contributed by atoms with Crippen LogP contribution in [0.4, 0.5) is 0 Å². The molecule has 0 unspecified atom stereocenters. The molecule has 0 saturated carbocycles. The molecule has 0 spiro atoms. The summed E-state index contributed by atoms with van der Waals surface area (Å²) < 4.78 is 5.11. The van der Waals surface area contributed by atoms with Crippen LogP contribution in [0.15, 0.2) is 41.2 Å². The minimum atomic E-state index is -0.401. The molecule has 0 radical (unpaired) electrons. The monoisotopic (exact) mass is 423 g/mol. The van der Waals surface area contributed by atoms with E-state index in [0.717, 1.165) is 19.5 Å². The summed E-state index contributed by atoms with van der Waals surface area (Å²) >= 11 is 1.23. The molecular formula is C23H25N3O3S. The lowest BCUT2D eigenvalue weighted by Gasteiger charge is -2.31. The number of ether oxygens (including phenoxy) is 1. The molecule has 0 saturated heterocycles. The van der Waals surface area contributed by atoms with Crippen molar-refractivity contribution in [2.75, 3.05) is 19.7 Å². The van der Waals surface area contributed by atoms with Crippen molar-refractivity contribution in [1.82, 2.24) is 14.9 Å². The molecule has 6 nitrogen and oxygen atoms in total.